The van der Waals surface area contributed by atoms with Gasteiger partial charge in [-0.2, -0.15) is 0 Å². The first kappa shape index (κ1) is 23.4. The van der Waals surface area contributed by atoms with E-state index in [1.165, 1.54) is 19.1 Å². The van der Waals surface area contributed by atoms with Gasteiger partial charge in [-0.15, -0.1) is 0 Å². The Morgan fingerprint density at radius 1 is 1.09 bits per heavy atom. The van der Waals surface area contributed by atoms with Gasteiger partial charge >= 0.3 is 0 Å². The lowest BCUT2D eigenvalue weighted by atomic mass is 9.94. The van der Waals surface area contributed by atoms with Gasteiger partial charge in [0.05, 0.1) is 25.8 Å². The minimum absolute atomic E-state index is 0.0128. The highest BCUT2D eigenvalue weighted by Crippen LogP contribution is 2.42. The number of Topliss-reactive ketones (excluding diaryl/α,β-unsaturated/α-hetero) is 1. The van der Waals surface area contributed by atoms with Gasteiger partial charge < -0.3 is 28.8 Å². The van der Waals surface area contributed by atoms with E-state index in [0.29, 0.717) is 35.6 Å². The second-order valence-corrected chi connectivity index (χ2v) is 8.41. The summed E-state index contributed by atoms with van der Waals surface area (Å²) in [5.41, 5.74) is 1.17. The van der Waals surface area contributed by atoms with Gasteiger partial charge in [-0.1, -0.05) is 24.3 Å². The van der Waals surface area contributed by atoms with Crippen molar-refractivity contribution in [2.45, 2.75) is 12.5 Å². The number of fused-ring (bicyclic) bond motifs is 1. The standard InChI is InChI=1S/C26H28N2O6/c1-27(2)12-7-13-28-23(17-10-11-19(32-3)20(15-17)33-4)22(25(30)26(28)31)24(29)21-14-16-8-5-6-9-18(16)34-21/h5-6,8-11,14-15,23,30H,7,12-13H2,1-4H3/t23-/m1/s1. The number of carbonyl (C=O) groups excluding carboxylic acids is 2. The van der Waals surface area contributed by atoms with Crippen molar-refractivity contribution < 1.29 is 28.6 Å². The number of carbonyl (C=O) groups is 2. The van der Waals surface area contributed by atoms with Crippen LogP contribution in [0.25, 0.3) is 11.0 Å². The molecule has 4 rings (SSSR count). The topological polar surface area (TPSA) is 92.5 Å². The number of ether oxygens (including phenoxy) is 2. The van der Waals surface area contributed by atoms with Crippen LogP contribution in [0.1, 0.15) is 28.6 Å². The molecule has 1 aliphatic heterocycles. The number of para-hydroxylation sites is 1. The van der Waals surface area contributed by atoms with Crippen LogP contribution < -0.4 is 9.47 Å². The van der Waals surface area contributed by atoms with E-state index < -0.39 is 23.5 Å². The van der Waals surface area contributed by atoms with Crippen LogP contribution >= 0.6 is 0 Å². The monoisotopic (exact) mass is 464 g/mol. The third-order valence-electron chi connectivity index (χ3n) is 5.93. The lowest BCUT2D eigenvalue weighted by molar-refractivity contribution is -0.129. The predicted octanol–water partition coefficient (Wildman–Crippen LogP) is 3.98. The molecule has 8 heteroatoms. The molecular weight excluding hydrogens is 436 g/mol. The van der Waals surface area contributed by atoms with Crippen LogP contribution in [-0.2, 0) is 4.79 Å². The van der Waals surface area contributed by atoms with Crippen molar-refractivity contribution in [2.75, 3.05) is 41.4 Å². The second kappa shape index (κ2) is 9.61. The Kier molecular flexibility index (Phi) is 6.61. The molecule has 2 heterocycles. The van der Waals surface area contributed by atoms with Crippen LogP contribution in [0.5, 0.6) is 11.5 Å². The smallest absolute Gasteiger partial charge is 0.290 e. The molecule has 1 N–H and O–H groups in total. The number of aliphatic hydroxyl groups is 1. The summed E-state index contributed by atoms with van der Waals surface area (Å²) in [5, 5.41) is 11.6. The molecule has 34 heavy (non-hydrogen) atoms. The van der Waals surface area contributed by atoms with Crippen LogP contribution in [-0.4, -0.2) is 68.0 Å². The minimum atomic E-state index is -0.796. The number of aliphatic hydroxyl groups excluding tert-OH is 1. The largest absolute Gasteiger partial charge is 0.503 e. The van der Waals surface area contributed by atoms with Gasteiger partial charge in [0.15, 0.2) is 23.0 Å². The molecule has 0 spiro atoms. The molecule has 0 radical (unpaired) electrons. The number of nitrogens with zero attached hydrogens (tertiary/aromatic N) is 2. The van der Waals surface area contributed by atoms with E-state index in [1.54, 1.807) is 30.3 Å². The molecule has 0 saturated carbocycles. The summed E-state index contributed by atoms with van der Waals surface area (Å²) >= 11 is 0. The molecule has 1 atom stereocenters. The summed E-state index contributed by atoms with van der Waals surface area (Å²) in [6.45, 7) is 1.10. The van der Waals surface area contributed by atoms with E-state index in [-0.39, 0.29) is 11.3 Å². The van der Waals surface area contributed by atoms with Crippen LogP contribution in [0.2, 0.25) is 0 Å². The second-order valence-electron chi connectivity index (χ2n) is 8.41. The molecule has 0 bridgehead atoms. The highest BCUT2D eigenvalue weighted by atomic mass is 16.5. The molecule has 3 aromatic rings. The molecule has 0 aliphatic carbocycles. The number of benzene rings is 2. The quantitative estimate of drug-likeness (QED) is 0.479. The van der Waals surface area contributed by atoms with Crippen LogP contribution in [0.4, 0.5) is 0 Å². The summed E-state index contributed by atoms with van der Waals surface area (Å²) in [7, 11) is 6.95. The van der Waals surface area contributed by atoms with Crippen molar-refractivity contribution in [1.82, 2.24) is 9.80 Å². The number of rotatable bonds is 9. The van der Waals surface area contributed by atoms with Crippen molar-refractivity contribution >= 4 is 22.7 Å². The average Bonchev–Trinajstić information content (AvgIpc) is 3.38. The molecule has 0 fully saturated rings. The Morgan fingerprint density at radius 2 is 1.82 bits per heavy atom. The number of ketones is 1. The van der Waals surface area contributed by atoms with Crippen LogP contribution in [0, 0.1) is 0 Å². The molecule has 8 nitrogen and oxygen atoms in total. The Bertz CT molecular complexity index is 1230. The fourth-order valence-corrected chi connectivity index (χ4v) is 4.27. The number of methoxy groups -OCH3 is 2. The van der Waals surface area contributed by atoms with Crippen molar-refractivity contribution in [2.24, 2.45) is 0 Å². The maximum absolute atomic E-state index is 13.6. The highest BCUT2D eigenvalue weighted by molar-refractivity contribution is 6.16. The van der Waals surface area contributed by atoms with Gasteiger partial charge in [0, 0.05) is 11.9 Å². The highest BCUT2D eigenvalue weighted by Gasteiger charge is 2.44. The average molecular weight is 465 g/mol. The minimum Gasteiger partial charge on any atom is -0.503 e. The zero-order valence-electron chi connectivity index (χ0n) is 19.7. The molecule has 1 aromatic heterocycles. The predicted molar refractivity (Wildman–Crippen MR) is 127 cm³/mol. The van der Waals surface area contributed by atoms with E-state index in [2.05, 4.69) is 0 Å². The number of hydrogen-bond acceptors (Lipinski definition) is 7. The van der Waals surface area contributed by atoms with Gasteiger partial charge in [-0.05, 0) is 56.9 Å². The summed E-state index contributed by atoms with van der Waals surface area (Å²) < 4.78 is 16.5. The third-order valence-corrected chi connectivity index (χ3v) is 5.93. The summed E-state index contributed by atoms with van der Waals surface area (Å²) in [6, 6.07) is 13.3. The zero-order chi connectivity index (χ0) is 24.4. The molecule has 178 valence electrons. The van der Waals surface area contributed by atoms with Gasteiger partial charge in [-0.3, -0.25) is 9.59 Å². The normalized spacial score (nSPS) is 16.1. The molecule has 1 amide bonds. The maximum atomic E-state index is 13.6. The summed E-state index contributed by atoms with van der Waals surface area (Å²) in [5.74, 6) is -0.628. The lowest BCUT2D eigenvalue weighted by Crippen LogP contribution is -2.33. The van der Waals surface area contributed by atoms with E-state index in [9.17, 15) is 14.7 Å². The van der Waals surface area contributed by atoms with Crippen molar-refractivity contribution in [3.05, 3.63) is 71.2 Å². The maximum Gasteiger partial charge on any atom is 0.290 e. The molecular formula is C26H28N2O6. The first-order chi connectivity index (χ1) is 16.3. The van der Waals surface area contributed by atoms with Crippen LogP contribution in [0.15, 0.2) is 64.3 Å². The Morgan fingerprint density at radius 3 is 2.50 bits per heavy atom. The van der Waals surface area contributed by atoms with E-state index >= 15 is 0 Å². The van der Waals surface area contributed by atoms with E-state index in [4.69, 9.17) is 13.9 Å². The fourth-order valence-electron chi connectivity index (χ4n) is 4.27. The van der Waals surface area contributed by atoms with E-state index in [0.717, 1.165) is 11.9 Å². The van der Waals surface area contributed by atoms with Crippen molar-refractivity contribution in [3.63, 3.8) is 0 Å². The molecule has 0 unspecified atom stereocenters. The van der Waals surface area contributed by atoms with Crippen molar-refractivity contribution in [1.29, 1.82) is 0 Å². The third kappa shape index (κ3) is 4.24. The molecule has 1 aliphatic rings. The Hall–Kier alpha value is -3.78. The van der Waals surface area contributed by atoms with Gasteiger partial charge in [0.25, 0.3) is 5.91 Å². The van der Waals surface area contributed by atoms with Gasteiger partial charge in [0.2, 0.25) is 5.78 Å². The Labute approximate surface area is 198 Å². The lowest BCUT2D eigenvalue weighted by Gasteiger charge is -2.27. The first-order valence-corrected chi connectivity index (χ1v) is 11.0. The fraction of sp³-hybridized carbons (Fsp3) is 0.308. The van der Waals surface area contributed by atoms with Crippen molar-refractivity contribution in [3.8, 4) is 11.5 Å². The first-order valence-electron chi connectivity index (χ1n) is 11.0. The number of amides is 1. The zero-order valence-corrected chi connectivity index (χ0v) is 19.7. The number of furan rings is 1. The SMILES string of the molecule is COc1ccc([C@@H]2C(C(=O)c3cc4ccccc4o3)=C(O)C(=O)N2CCCN(C)C)cc1OC. The Balaban J connectivity index is 1.78. The van der Waals surface area contributed by atoms with Gasteiger partial charge in [0.1, 0.15) is 5.58 Å². The van der Waals surface area contributed by atoms with Gasteiger partial charge in [-0.25, -0.2) is 0 Å². The summed E-state index contributed by atoms with van der Waals surface area (Å²) in [4.78, 5) is 30.3. The van der Waals surface area contributed by atoms with E-state index in [1.807, 2.05) is 37.2 Å². The van der Waals surface area contributed by atoms with Crippen LogP contribution in [0.3, 0.4) is 0 Å². The summed E-state index contributed by atoms with van der Waals surface area (Å²) in [6.07, 6.45) is 0.669. The molecule has 2 aromatic carbocycles. The molecule has 0 saturated heterocycles. The number of hydrogen-bond donors (Lipinski definition) is 1.